The average Bonchev–Trinajstić information content (AvgIpc) is 2.82. The molecule has 1 atom stereocenters. The molecule has 1 heterocycles. The molecule has 0 saturated carbocycles. The van der Waals surface area contributed by atoms with Crippen LogP contribution >= 0.6 is 0 Å². The van der Waals surface area contributed by atoms with E-state index in [1.54, 1.807) is 30.6 Å². The second-order valence-corrected chi connectivity index (χ2v) is 9.64. The van der Waals surface area contributed by atoms with Gasteiger partial charge in [0, 0.05) is 30.4 Å². The average molecular weight is 446 g/mol. The van der Waals surface area contributed by atoms with Gasteiger partial charge in [0.1, 0.15) is 0 Å². The number of fused-ring (bicyclic) bond motifs is 1. The number of hydrogen-bond donors (Lipinski definition) is 2. The van der Waals surface area contributed by atoms with E-state index in [0.717, 1.165) is 23.7 Å². The van der Waals surface area contributed by atoms with Crippen LogP contribution in [0.3, 0.4) is 0 Å². The summed E-state index contributed by atoms with van der Waals surface area (Å²) in [5, 5.41) is 5.12. The highest BCUT2D eigenvalue weighted by Gasteiger charge is 2.17. The van der Waals surface area contributed by atoms with Crippen LogP contribution in [0.1, 0.15) is 12.5 Å². The van der Waals surface area contributed by atoms with Gasteiger partial charge in [-0.3, -0.25) is 4.98 Å². The van der Waals surface area contributed by atoms with Crippen LogP contribution in [0.15, 0.2) is 96.2 Å². The zero-order valence-electron chi connectivity index (χ0n) is 18.0. The molecular weight excluding hydrogens is 418 g/mol. The molecule has 32 heavy (non-hydrogen) atoms. The summed E-state index contributed by atoms with van der Waals surface area (Å²) in [7, 11) is -3.58. The molecule has 3 aromatic carbocycles. The first-order chi connectivity index (χ1) is 15.5. The summed E-state index contributed by atoms with van der Waals surface area (Å²) < 4.78 is 28.2. The van der Waals surface area contributed by atoms with Crippen LogP contribution in [0.4, 0.5) is 0 Å². The van der Waals surface area contributed by atoms with Gasteiger partial charge in [0.05, 0.1) is 4.90 Å². The van der Waals surface area contributed by atoms with Crippen LogP contribution in [0.5, 0.6) is 0 Å². The highest BCUT2D eigenvalue weighted by atomic mass is 32.2. The molecule has 4 rings (SSSR count). The van der Waals surface area contributed by atoms with E-state index < -0.39 is 10.0 Å². The molecule has 0 bridgehead atoms. The summed E-state index contributed by atoms with van der Waals surface area (Å²) in [4.78, 5) is 4.33. The molecule has 2 N–H and O–H groups in total. The molecule has 0 amide bonds. The first-order valence-electron chi connectivity index (χ1n) is 10.7. The second-order valence-electron chi connectivity index (χ2n) is 7.92. The molecule has 0 unspecified atom stereocenters. The Morgan fingerprint density at radius 1 is 0.875 bits per heavy atom. The molecule has 0 radical (unpaired) electrons. The topological polar surface area (TPSA) is 71.1 Å². The maximum Gasteiger partial charge on any atom is 0.240 e. The van der Waals surface area contributed by atoms with E-state index in [9.17, 15) is 8.42 Å². The van der Waals surface area contributed by atoms with Crippen molar-refractivity contribution >= 4 is 20.8 Å². The van der Waals surface area contributed by atoms with Crippen LogP contribution in [0.2, 0.25) is 0 Å². The highest BCUT2D eigenvalue weighted by molar-refractivity contribution is 7.89. The number of rotatable bonds is 9. The maximum absolute atomic E-state index is 12.7. The lowest BCUT2D eigenvalue weighted by Gasteiger charge is -2.15. The van der Waals surface area contributed by atoms with E-state index in [1.807, 2.05) is 31.2 Å². The van der Waals surface area contributed by atoms with Gasteiger partial charge in [-0.25, -0.2) is 13.1 Å². The number of pyridine rings is 1. The molecule has 6 heteroatoms. The van der Waals surface area contributed by atoms with Gasteiger partial charge in [-0.1, -0.05) is 60.7 Å². The number of nitrogens with one attached hydrogen (secondary N) is 2. The number of benzene rings is 3. The Labute approximate surface area is 189 Å². The van der Waals surface area contributed by atoms with E-state index >= 15 is 0 Å². The molecule has 0 aliphatic heterocycles. The molecule has 0 aliphatic carbocycles. The molecule has 0 fully saturated rings. The van der Waals surface area contributed by atoms with Crippen molar-refractivity contribution in [2.75, 3.05) is 13.1 Å². The second kappa shape index (κ2) is 10.0. The molecule has 5 nitrogen and oxygen atoms in total. The van der Waals surface area contributed by atoms with Crippen LogP contribution < -0.4 is 10.0 Å². The monoisotopic (exact) mass is 445 g/mol. The fourth-order valence-electron chi connectivity index (χ4n) is 3.65. The largest absolute Gasteiger partial charge is 0.315 e. The lowest BCUT2D eigenvalue weighted by molar-refractivity contribution is 0.537. The van der Waals surface area contributed by atoms with Crippen molar-refractivity contribution < 1.29 is 8.42 Å². The van der Waals surface area contributed by atoms with Gasteiger partial charge in [-0.2, -0.15) is 0 Å². The fourth-order valence-corrected chi connectivity index (χ4v) is 4.93. The first-order valence-corrected chi connectivity index (χ1v) is 12.2. The first kappa shape index (κ1) is 22.1. The SMILES string of the molecule is C[C@H](CNCCc1ccc(-c2ccccc2)cc1)NS(=O)(=O)c1ccc2cnccc2c1. The summed E-state index contributed by atoms with van der Waals surface area (Å²) in [5.41, 5.74) is 3.66. The number of aromatic nitrogens is 1. The summed E-state index contributed by atoms with van der Waals surface area (Å²) in [5.74, 6) is 0. The van der Waals surface area contributed by atoms with E-state index in [2.05, 4.69) is 51.4 Å². The molecule has 164 valence electrons. The third kappa shape index (κ3) is 5.59. The highest BCUT2D eigenvalue weighted by Crippen LogP contribution is 2.20. The Hall–Kier alpha value is -3.06. The minimum absolute atomic E-state index is 0.228. The third-order valence-electron chi connectivity index (χ3n) is 5.38. The van der Waals surface area contributed by atoms with Crippen molar-refractivity contribution in [3.05, 3.63) is 96.8 Å². The summed E-state index contributed by atoms with van der Waals surface area (Å²) in [6, 6.07) is 25.5. The zero-order valence-corrected chi connectivity index (χ0v) is 18.8. The molecule has 4 aromatic rings. The van der Waals surface area contributed by atoms with Gasteiger partial charge in [-0.15, -0.1) is 0 Å². The molecule has 0 aliphatic rings. The van der Waals surface area contributed by atoms with Gasteiger partial charge in [0.2, 0.25) is 10.0 Å². The minimum Gasteiger partial charge on any atom is -0.315 e. The van der Waals surface area contributed by atoms with Gasteiger partial charge >= 0.3 is 0 Å². The van der Waals surface area contributed by atoms with Gasteiger partial charge < -0.3 is 5.32 Å². The molecule has 0 spiro atoms. The van der Waals surface area contributed by atoms with Gasteiger partial charge in [0.15, 0.2) is 0 Å². The van der Waals surface area contributed by atoms with Crippen LogP contribution in [0, 0.1) is 0 Å². The van der Waals surface area contributed by atoms with Gasteiger partial charge in [-0.05, 0) is 60.2 Å². The Bertz CT molecular complexity index is 1270. The molecule has 1 aromatic heterocycles. The summed E-state index contributed by atoms with van der Waals surface area (Å²) in [6.07, 6.45) is 4.27. The number of hydrogen-bond acceptors (Lipinski definition) is 4. The fraction of sp³-hybridized carbons (Fsp3) is 0.192. The third-order valence-corrected chi connectivity index (χ3v) is 6.97. The Morgan fingerprint density at radius 3 is 2.41 bits per heavy atom. The maximum atomic E-state index is 12.7. The molecular formula is C26H27N3O2S. The molecule has 0 saturated heterocycles. The normalized spacial score (nSPS) is 12.7. The van der Waals surface area contributed by atoms with E-state index in [0.29, 0.717) is 6.54 Å². The van der Waals surface area contributed by atoms with Crippen molar-refractivity contribution in [1.29, 1.82) is 0 Å². The van der Waals surface area contributed by atoms with E-state index in [1.165, 1.54) is 16.7 Å². The van der Waals surface area contributed by atoms with Gasteiger partial charge in [0.25, 0.3) is 0 Å². The number of nitrogens with zero attached hydrogens (tertiary/aromatic N) is 1. The predicted octanol–water partition coefficient (Wildman–Crippen LogP) is 4.40. The predicted molar refractivity (Wildman–Crippen MR) is 130 cm³/mol. The number of sulfonamides is 1. The van der Waals surface area contributed by atoms with Crippen molar-refractivity contribution in [3.8, 4) is 11.1 Å². The van der Waals surface area contributed by atoms with Crippen molar-refractivity contribution in [2.24, 2.45) is 0 Å². The summed E-state index contributed by atoms with van der Waals surface area (Å²) in [6.45, 7) is 3.20. The van der Waals surface area contributed by atoms with Crippen LogP contribution in [0.25, 0.3) is 21.9 Å². The minimum atomic E-state index is -3.58. The van der Waals surface area contributed by atoms with Crippen LogP contribution in [-0.2, 0) is 16.4 Å². The van der Waals surface area contributed by atoms with Crippen LogP contribution in [-0.4, -0.2) is 32.5 Å². The lowest BCUT2D eigenvalue weighted by atomic mass is 10.0. The lowest BCUT2D eigenvalue weighted by Crippen LogP contribution is -2.40. The Balaban J connectivity index is 1.26. The van der Waals surface area contributed by atoms with Crippen molar-refractivity contribution in [3.63, 3.8) is 0 Å². The standard InChI is InChI=1S/C26H27N3O2S/c1-20(29-32(30,31)26-12-11-25-19-28-16-14-24(25)17-26)18-27-15-13-21-7-9-23(10-8-21)22-5-3-2-4-6-22/h2-12,14,16-17,19-20,27,29H,13,15,18H2,1H3/t20-/m1/s1. The van der Waals surface area contributed by atoms with E-state index in [4.69, 9.17) is 0 Å². The zero-order chi connectivity index (χ0) is 22.4. The summed E-state index contributed by atoms with van der Waals surface area (Å²) >= 11 is 0. The smallest absolute Gasteiger partial charge is 0.240 e. The van der Waals surface area contributed by atoms with E-state index in [-0.39, 0.29) is 10.9 Å². The quantitative estimate of drug-likeness (QED) is 0.375. The van der Waals surface area contributed by atoms with Crippen molar-refractivity contribution in [2.45, 2.75) is 24.3 Å². The van der Waals surface area contributed by atoms with Crippen molar-refractivity contribution in [1.82, 2.24) is 15.0 Å². The Kier molecular flexibility index (Phi) is 6.95. The Morgan fingerprint density at radius 2 is 1.62 bits per heavy atom.